The SMILES string of the molecule is Cc1nc2ncc3c(=O)n(CC(=O)Nc4ncc(C)s4)ccc3n2n1. The number of carbonyl (C=O) groups is 1. The number of aromatic nitrogens is 6. The zero-order valence-corrected chi connectivity index (χ0v) is 14.2. The number of nitrogens with zero attached hydrogens (tertiary/aromatic N) is 6. The van der Waals surface area contributed by atoms with E-state index in [1.54, 1.807) is 25.4 Å². The molecule has 9 nitrogen and oxygen atoms in total. The van der Waals surface area contributed by atoms with Crippen molar-refractivity contribution in [1.29, 1.82) is 0 Å². The molecule has 0 spiro atoms. The highest BCUT2D eigenvalue weighted by Crippen LogP contribution is 2.16. The fourth-order valence-corrected chi connectivity index (χ4v) is 3.19. The van der Waals surface area contributed by atoms with Gasteiger partial charge in [-0.1, -0.05) is 0 Å². The predicted molar refractivity (Wildman–Crippen MR) is 92.8 cm³/mol. The van der Waals surface area contributed by atoms with Crippen molar-refractivity contribution < 1.29 is 4.79 Å². The maximum Gasteiger partial charge on any atom is 0.262 e. The van der Waals surface area contributed by atoms with Crippen molar-refractivity contribution in [3.8, 4) is 0 Å². The standard InChI is InChI=1S/C15H13N7O2S/c1-8-5-17-15(25-8)19-12(23)7-21-4-3-11-10(13(21)24)6-16-14-18-9(2)20-22(11)14/h3-6H,7H2,1-2H3,(H,17,19,23). The van der Waals surface area contributed by atoms with E-state index >= 15 is 0 Å². The number of hydrogen-bond donors (Lipinski definition) is 1. The van der Waals surface area contributed by atoms with Crippen LogP contribution in [-0.4, -0.2) is 35.0 Å². The molecule has 0 radical (unpaired) electrons. The van der Waals surface area contributed by atoms with Crippen LogP contribution < -0.4 is 10.9 Å². The normalized spacial score (nSPS) is 11.3. The van der Waals surface area contributed by atoms with E-state index in [2.05, 4.69) is 25.4 Å². The van der Waals surface area contributed by atoms with Crippen LogP contribution in [0.3, 0.4) is 0 Å². The van der Waals surface area contributed by atoms with Gasteiger partial charge in [0.2, 0.25) is 5.91 Å². The second kappa shape index (κ2) is 5.74. The van der Waals surface area contributed by atoms with Crippen LogP contribution in [0, 0.1) is 13.8 Å². The quantitative estimate of drug-likeness (QED) is 0.591. The van der Waals surface area contributed by atoms with Gasteiger partial charge in [0.25, 0.3) is 11.3 Å². The first kappa shape index (κ1) is 15.4. The van der Waals surface area contributed by atoms with E-state index in [4.69, 9.17) is 0 Å². The summed E-state index contributed by atoms with van der Waals surface area (Å²) in [6.45, 7) is 3.55. The van der Waals surface area contributed by atoms with Gasteiger partial charge in [0.1, 0.15) is 12.4 Å². The van der Waals surface area contributed by atoms with Crippen molar-refractivity contribution in [2.24, 2.45) is 0 Å². The third-order valence-electron chi connectivity index (χ3n) is 3.59. The maximum absolute atomic E-state index is 12.6. The average Bonchev–Trinajstić information content (AvgIpc) is 3.14. The summed E-state index contributed by atoms with van der Waals surface area (Å²) in [6.07, 6.45) is 4.70. The molecule has 0 saturated carbocycles. The zero-order valence-electron chi connectivity index (χ0n) is 13.4. The fraction of sp³-hybridized carbons (Fsp3) is 0.200. The summed E-state index contributed by atoms with van der Waals surface area (Å²) >= 11 is 1.38. The minimum absolute atomic E-state index is 0.109. The molecule has 4 aromatic heterocycles. The Labute approximate surface area is 145 Å². The summed E-state index contributed by atoms with van der Waals surface area (Å²) < 4.78 is 2.85. The summed E-state index contributed by atoms with van der Waals surface area (Å²) in [5.74, 6) is 0.683. The zero-order chi connectivity index (χ0) is 17.6. The van der Waals surface area contributed by atoms with E-state index in [9.17, 15) is 9.59 Å². The third kappa shape index (κ3) is 2.76. The average molecular weight is 355 g/mol. The molecule has 1 amide bonds. The van der Waals surface area contributed by atoms with E-state index in [0.29, 0.717) is 27.6 Å². The van der Waals surface area contributed by atoms with Crippen molar-refractivity contribution in [2.75, 3.05) is 5.32 Å². The van der Waals surface area contributed by atoms with Gasteiger partial charge in [-0.3, -0.25) is 9.59 Å². The Hall–Kier alpha value is -3.14. The summed E-state index contributed by atoms with van der Waals surface area (Å²) in [6, 6.07) is 1.72. The molecule has 25 heavy (non-hydrogen) atoms. The van der Waals surface area contributed by atoms with Crippen LogP contribution in [-0.2, 0) is 11.3 Å². The first-order chi connectivity index (χ1) is 12.0. The van der Waals surface area contributed by atoms with Crippen LogP contribution in [0.1, 0.15) is 10.7 Å². The molecule has 0 bridgehead atoms. The highest BCUT2D eigenvalue weighted by atomic mass is 32.1. The summed E-state index contributed by atoms with van der Waals surface area (Å²) in [5.41, 5.74) is 0.285. The Morgan fingerprint density at radius 2 is 2.12 bits per heavy atom. The largest absolute Gasteiger partial charge is 0.305 e. The number of thiazole rings is 1. The molecule has 0 aliphatic rings. The summed E-state index contributed by atoms with van der Waals surface area (Å²) in [5, 5.41) is 7.81. The Morgan fingerprint density at radius 1 is 1.28 bits per heavy atom. The van der Waals surface area contributed by atoms with Crippen LogP contribution in [0.4, 0.5) is 5.13 Å². The lowest BCUT2D eigenvalue weighted by atomic mass is 10.3. The monoisotopic (exact) mass is 355 g/mol. The number of nitrogens with one attached hydrogen (secondary N) is 1. The molecule has 126 valence electrons. The minimum atomic E-state index is -0.318. The Bertz CT molecular complexity index is 1170. The molecule has 0 saturated heterocycles. The van der Waals surface area contributed by atoms with Crippen LogP contribution in [0.2, 0.25) is 0 Å². The van der Waals surface area contributed by atoms with E-state index in [-0.39, 0.29) is 18.0 Å². The van der Waals surface area contributed by atoms with Crippen LogP contribution in [0.5, 0.6) is 0 Å². The van der Waals surface area contributed by atoms with Crippen LogP contribution in [0.25, 0.3) is 16.7 Å². The summed E-state index contributed by atoms with van der Waals surface area (Å²) in [4.78, 5) is 38.2. The van der Waals surface area contributed by atoms with E-state index in [1.807, 2.05) is 6.92 Å². The van der Waals surface area contributed by atoms with Gasteiger partial charge in [-0.05, 0) is 19.9 Å². The molecular weight excluding hydrogens is 342 g/mol. The highest BCUT2D eigenvalue weighted by molar-refractivity contribution is 7.15. The van der Waals surface area contributed by atoms with E-state index in [0.717, 1.165) is 4.88 Å². The number of pyridine rings is 1. The number of rotatable bonds is 3. The van der Waals surface area contributed by atoms with Gasteiger partial charge in [0.05, 0.1) is 10.9 Å². The van der Waals surface area contributed by atoms with Crippen LogP contribution >= 0.6 is 11.3 Å². The smallest absolute Gasteiger partial charge is 0.262 e. The molecule has 0 aliphatic carbocycles. The molecule has 4 heterocycles. The molecule has 4 rings (SSSR count). The molecule has 0 aromatic carbocycles. The number of aryl methyl sites for hydroxylation is 2. The number of anilines is 1. The molecule has 0 unspecified atom stereocenters. The molecule has 10 heteroatoms. The second-order valence-corrected chi connectivity index (χ2v) is 6.74. The van der Waals surface area contributed by atoms with Crippen molar-refractivity contribution >= 4 is 39.1 Å². The summed E-state index contributed by atoms with van der Waals surface area (Å²) in [7, 11) is 0. The molecular formula is C15H13N7O2S. The van der Waals surface area contributed by atoms with Crippen molar-refractivity contribution in [1.82, 2.24) is 29.1 Å². The molecule has 0 atom stereocenters. The van der Waals surface area contributed by atoms with E-state index in [1.165, 1.54) is 26.6 Å². The number of hydrogen-bond acceptors (Lipinski definition) is 7. The number of amides is 1. The van der Waals surface area contributed by atoms with Crippen molar-refractivity contribution in [3.05, 3.63) is 45.7 Å². The Balaban J connectivity index is 1.68. The van der Waals surface area contributed by atoms with Gasteiger partial charge in [-0.2, -0.15) is 9.50 Å². The molecule has 0 aliphatic heterocycles. The predicted octanol–water partition coefficient (Wildman–Crippen LogP) is 1.15. The van der Waals surface area contributed by atoms with Gasteiger partial charge in [-0.15, -0.1) is 16.4 Å². The maximum atomic E-state index is 12.6. The number of carbonyl (C=O) groups excluding carboxylic acids is 1. The van der Waals surface area contributed by atoms with Gasteiger partial charge in [0.15, 0.2) is 5.13 Å². The van der Waals surface area contributed by atoms with Gasteiger partial charge in [-0.25, -0.2) is 9.97 Å². The van der Waals surface area contributed by atoms with Crippen molar-refractivity contribution in [3.63, 3.8) is 0 Å². The molecule has 0 fully saturated rings. The molecule has 1 N–H and O–H groups in total. The third-order valence-corrected chi connectivity index (χ3v) is 4.42. The first-order valence-corrected chi connectivity index (χ1v) is 8.27. The fourth-order valence-electron chi connectivity index (χ4n) is 2.51. The number of fused-ring (bicyclic) bond motifs is 3. The topological polar surface area (TPSA) is 107 Å². The lowest BCUT2D eigenvalue weighted by Crippen LogP contribution is -2.27. The lowest BCUT2D eigenvalue weighted by Gasteiger charge is -2.07. The van der Waals surface area contributed by atoms with E-state index < -0.39 is 0 Å². The van der Waals surface area contributed by atoms with Crippen molar-refractivity contribution in [2.45, 2.75) is 20.4 Å². The minimum Gasteiger partial charge on any atom is -0.305 e. The lowest BCUT2D eigenvalue weighted by molar-refractivity contribution is -0.116. The second-order valence-electron chi connectivity index (χ2n) is 5.50. The van der Waals surface area contributed by atoms with Gasteiger partial charge in [0, 0.05) is 23.5 Å². The van der Waals surface area contributed by atoms with Gasteiger partial charge < -0.3 is 9.88 Å². The Kier molecular flexibility index (Phi) is 3.53. The Morgan fingerprint density at radius 3 is 2.88 bits per heavy atom. The highest BCUT2D eigenvalue weighted by Gasteiger charge is 2.12. The van der Waals surface area contributed by atoms with Crippen LogP contribution in [0.15, 0.2) is 29.5 Å². The first-order valence-electron chi connectivity index (χ1n) is 7.45. The van der Waals surface area contributed by atoms with Gasteiger partial charge >= 0.3 is 0 Å². The molecule has 4 aromatic rings.